The van der Waals surface area contributed by atoms with Crippen LogP contribution in [0.15, 0.2) is 66.7 Å². The molecule has 0 aliphatic carbocycles. The van der Waals surface area contributed by atoms with Gasteiger partial charge < -0.3 is 0 Å². The normalized spacial score (nSPS) is 12.6. The molecule has 6 rings (SSSR count). The standard InChI is InChI=1S/C34H32/c1-19-12-20(2)14-23(13-19)25-10-11-27-26-9-8-22(4)28-17-24(34(5,6)7)18-31(32(26)28)30-16-21(3)15-29(25)33(27)30/h8-18H,1-7H3. The molecule has 0 aliphatic rings. The topological polar surface area (TPSA) is 0 Å². The first-order valence-corrected chi connectivity index (χ1v) is 12.4. The molecule has 0 heteroatoms. The first kappa shape index (κ1) is 21.2. The van der Waals surface area contributed by atoms with E-state index in [1.807, 2.05) is 0 Å². The summed E-state index contributed by atoms with van der Waals surface area (Å²) < 4.78 is 0. The van der Waals surface area contributed by atoms with Crippen molar-refractivity contribution in [1.82, 2.24) is 0 Å². The zero-order chi connectivity index (χ0) is 23.9. The van der Waals surface area contributed by atoms with E-state index in [0.29, 0.717) is 0 Å². The largest absolute Gasteiger partial charge is 0.0581 e. The minimum absolute atomic E-state index is 0.0945. The van der Waals surface area contributed by atoms with Gasteiger partial charge in [0.1, 0.15) is 0 Å². The predicted octanol–water partition coefficient (Wildman–Crippen LogP) is 9.94. The molecule has 6 aromatic rings. The van der Waals surface area contributed by atoms with Crippen LogP contribution in [0.1, 0.15) is 48.6 Å². The molecule has 34 heavy (non-hydrogen) atoms. The molecule has 0 N–H and O–H groups in total. The molecule has 0 fully saturated rings. The maximum Gasteiger partial charge on any atom is -0.00199 e. The van der Waals surface area contributed by atoms with Gasteiger partial charge in [-0.2, -0.15) is 0 Å². The van der Waals surface area contributed by atoms with E-state index in [4.69, 9.17) is 0 Å². The van der Waals surface area contributed by atoms with E-state index >= 15 is 0 Å². The lowest BCUT2D eigenvalue weighted by atomic mass is 9.80. The molecule has 0 radical (unpaired) electrons. The second kappa shape index (κ2) is 7.06. The Bertz CT molecular complexity index is 1740. The lowest BCUT2D eigenvalue weighted by molar-refractivity contribution is 0.592. The summed E-state index contributed by atoms with van der Waals surface area (Å²) in [5.74, 6) is 0. The first-order valence-electron chi connectivity index (χ1n) is 12.4. The zero-order valence-electron chi connectivity index (χ0n) is 21.4. The Labute approximate surface area is 202 Å². The molecule has 0 heterocycles. The van der Waals surface area contributed by atoms with E-state index in [1.165, 1.54) is 82.0 Å². The van der Waals surface area contributed by atoms with Gasteiger partial charge in [-0.05, 0) is 110 Å². The molecule has 0 saturated carbocycles. The third-order valence-corrected chi connectivity index (χ3v) is 7.57. The molecule has 6 aromatic carbocycles. The maximum atomic E-state index is 2.46. The SMILES string of the molecule is Cc1cc(C)cc(-c2ccc3c4ccc(C)c5cc(C(C)(C)C)cc(c6cc(C)cc2c36)c54)c1. The van der Waals surface area contributed by atoms with E-state index in [9.17, 15) is 0 Å². The Morgan fingerprint density at radius 2 is 1.00 bits per heavy atom. The number of hydrogen-bond acceptors (Lipinski definition) is 0. The van der Waals surface area contributed by atoms with Crippen molar-refractivity contribution in [2.24, 2.45) is 0 Å². The van der Waals surface area contributed by atoms with Crippen LogP contribution in [0, 0.1) is 27.7 Å². The molecule has 168 valence electrons. The van der Waals surface area contributed by atoms with Gasteiger partial charge in [-0.15, -0.1) is 0 Å². The van der Waals surface area contributed by atoms with Crippen LogP contribution in [-0.2, 0) is 5.41 Å². The zero-order valence-corrected chi connectivity index (χ0v) is 21.4. The molecule has 0 atom stereocenters. The number of fused-ring (bicyclic) bond motifs is 2. The molecule has 0 bridgehead atoms. The van der Waals surface area contributed by atoms with Crippen LogP contribution < -0.4 is 0 Å². The van der Waals surface area contributed by atoms with Crippen molar-refractivity contribution >= 4 is 43.1 Å². The number of aryl methyl sites for hydroxylation is 4. The lowest BCUT2D eigenvalue weighted by Crippen LogP contribution is -2.11. The molecular formula is C34H32. The summed E-state index contributed by atoms with van der Waals surface area (Å²) in [6, 6.07) is 25.9. The fourth-order valence-corrected chi connectivity index (χ4v) is 5.94. The van der Waals surface area contributed by atoms with Crippen LogP contribution in [0.3, 0.4) is 0 Å². The summed E-state index contributed by atoms with van der Waals surface area (Å²) in [5, 5.41) is 11.0. The smallest absolute Gasteiger partial charge is 0.00199 e. The Hall–Kier alpha value is -3.38. The van der Waals surface area contributed by atoms with E-state index in [2.05, 4.69) is 115 Å². The highest BCUT2D eigenvalue weighted by Crippen LogP contribution is 2.45. The summed E-state index contributed by atoms with van der Waals surface area (Å²) >= 11 is 0. The summed E-state index contributed by atoms with van der Waals surface area (Å²) in [6.07, 6.45) is 0. The van der Waals surface area contributed by atoms with E-state index in [0.717, 1.165) is 0 Å². The number of rotatable bonds is 1. The van der Waals surface area contributed by atoms with Gasteiger partial charge in [-0.1, -0.05) is 92.6 Å². The first-order chi connectivity index (χ1) is 16.1. The number of hydrogen-bond donors (Lipinski definition) is 0. The Morgan fingerprint density at radius 3 is 1.68 bits per heavy atom. The second-order valence-corrected chi connectivity index (χ2v) is 11.4. The second-order valence-electron chi connectivity index (χ2n) is 11.4. The highest BCUT2D eigenvalue weighted by molar-refractivity contribution is 6.34. The van der Waals surface area contributed by atoms with Gasteiger partial charge in [-0.25, -0.2) is 0 Å². The molecule has 0 aliphatic heterocycles. The summed E-state index contributed by atoms with van der Waals surface area (Å²) in [4.78, 5) is 0. The van der Waals surface area contributed by atoms with Crippen LogP contribution >= 0.6 is 0 Å². The Morgan fingerprint density at radius 1 is 0.471 bits per heavy atom. The van der Waals surface area contributed by atoms with E-state index in [1.54, 1.807) is 0 Å². The summed E-state index contributed by atoms with van der Waals surface area (Å²) in [6.45, 7) is 15.8. The summed E-state index contributed by atoms with van der Waals surface area (Å²) in [5.41, 5.74) is 9.43. The molecule has 0 amide bonds. The van der Waals surface area contributed by atoms with Gasteiger partial charge in [0.15, 0.2) is 0 Å². The third kappa shape index (κ3) is 3.05. The van der Waals surface area contributed by atoms with Crippen LogP contribution in [0.25, 0.3) is 54.2 Å². The Balaban J connectivity index is 1.87. The van der Waals surface area contributed by atoms with Gasteiger partial charge in [0.05, 0.1) is 0 Å². The fraction of sp³-hybridized carbons (Fsp3) is 0.235. The Kier molecular flexibility index (Phi) is 4.40. The lowest BCUT2D eigenvalue weighted by Gasteiger charge is -2.23. The van der Waals surface area contributed by atoms with Crippen molar-refractivity contribution in [3.63, 3.8) is 0 Å². The molecule has 0 unspecified atom stereocenters. The molecule has 0 aromatic heterocycles. The molecule has 0 saturated heterocycles. The molecule has 0 spiro atoms. The van der Waals surface area contributed by atoms with Crippen molar-refractivity contribution < 1.29 is 0 Å². The van der Waals surface area contributed by atoms with Crippen LogP contribution in [0.2, 0.25) is 0 Å². The quantitative estimate of drug-likeness (QED) is 0.176. The maximum absolute atomic E-state index is 2.46. The highest BCUT2D eigenvalue weighted by atomic mass is 14.2. The van der Waals surface area contributed by atoms with Crippen molar-refractivity contribution in [1.29, 1.82) is 0 Å². The van der Waals surface area contributed by atoms with Crippen LogP contribution in [0.5, 0.6) is 0 Å². The van der Waals surface area contributed by atoms with Gasteiger partial charge in [0, 0.05) is 0 Å². The van der Waals surface area contributed by atoms with Gasteiger partial charge in [0.25, 0.3) is 0 Å². The van der Waals surface area contributed by atoms with Crippen LogP contribution in [-0.4, -0.2) is 0 Å². The fourth-order valence-electron chi connectivity index (χ4n) is 5.94. The van der Waals surface area contributed by atoms with Gasteiger partial charge in [-0.3, -0.25) is 0 Å². The summed E-state index contributed by atoms with van der Waals surface area (Å²) in [7, 11) is 0. The van der Waals surface area contributed by atoms with E-state index in [-0.39, 0.29) is 5.41 Å². The van der Waals surface area contributed by atoms with E-state index < -0.39 is 0 Å². The monoisotopic (exact) mass is 440 g/mol. The van der Waals surface area contributed by atoms with Crippen molar-refractivity contribution in [2.75, 3.05) is 0 Å². The minimum atomic E-state index is 0.0945. The average molecular weight is 441 g/mol. The molecule has 0 nitrogen and oxygen atoms in total. The van der Waals surface area contributed by atoms with Crippen molar-refractivity contribution in [3.05, 3.63) is 94.5 Å². The predicted molar refractivity (Wildman–Crippen MR) is 151 cm³/mol. The third-order valence-electron chi connectivity index (χ3n) is 7.57. The van der Waals surface area contributed by atoms with Crippen molar-refractivity contribution in [2.45, 2.75) is 53.9 Å². The molecular weight excluding hydrogens is 408 g/mol. The van der Waals surface area contributed by atoms with Crippen molar-refractivity contribution in [3.8, 4) is 11.1 Å². The van der Waals surface area contributed by atoms with Gasteiger partial charge >= 0.3 is 0 Å². The van der Waals surface area contributed by atoms with Gasteiger partial charge in [0.2, 0.25) is 0 Å². The number of benzene rings is 6. The van der Waals surface area contributed by atoms with Crippen LogP contribution in [0.4, 0.5) is 0 Å². The minimum Gasteiger partial charge on any atom is -0.0581 e. The highest BCUT2D eigenvalue weighted by Gasteiger charge is 2.21. The average Bonchev–Trinajstić information content (AvgIpc) is 2.76.